The zero-order valence-electron chi connectivity index (χ0n) is 18.1. The molecule has 0 bridgehead atoms. The predicted octanol–water partition coefficient (Wildman–Crippen LogP) is 3.21. The summed E-state index contributed by atoms with van der Waals surface area (Å²) in [6.45, 7) is 2.59. The largest absolute Gasteiger partial charge is 0.493 e. The zero-order valence-corrected chi connectivity index (χ0v) is 18.1. The Bertz CT molecular complexity index is 946. The first-order chi connectivity index (χ1) is 15.2. The number of aromatic amines is 1. The molecule has 0 radical (unpaired) electrons. The minimum Gasteiger partial charge on any atom is -0.493 e. The highest BCUT2D eigenvalue weighted by molar-refractivity contribution is 5.31. The molecule has 2 aliphatic rings. The van der Waals surface area contributed by atoms with Gasteiger partial charge in [0.1, 0.15) is 12.5 Å². The van der Waals surface area contributed by atoms with E-state index in [4.69, 9.17) is 9.47 Å². The molecule has 0 saturated heterocycles. The van der Waals surface area contributed by atoms with Crippen molar-refractivity contribution in [2.45, 2.75) is 57.7 Å². The van der Waals surface area contributed by atoms with Crippen LogP contribution in [0.4, 0.5) is 0 Å². The maximum atomic E-state index is 11.6. The van der Waals surface area contributed by atoms with Gasteiger partial charge in [-0.05, 0) is 81.0 Å². The molecule has 7 heteroatoms. The molecule has 0 spiro atoms. The number of hydrogen-bond donors (Lipinski definition) is 2. The highest BCUT2D eigenvalue weighted by Crippen LogP contribution is 2.41. The van der Waals surface area contributed by atoms with E-state index in [0.29, 0.717) is 12.6 Å². The maximum absolute atomic E-state index is 11.6. The smallest absolute Gasteiger partial charge is 0.330 e. The first-order valence-corrected chi connectivity index (χ1v) is 11.5. The van der Waals surface area contributed by atoms with E-state index in [1.807, 2.05) is 0 Å². The molecule has 7 nitrogen and oxygen atoms in total. The molecule has 1 heterocycles. The van der Waals surface area contributed by atoms with Crippen LogP contribution in [-0.4, -0.2) is 29.3 Å². The average molecular weight is 428 g/mol. The molecule has 1 unspecified atom stereocenters. The van der Waals surface area contributed by atoms with Crippen molar-refractivity contribution < 1.29 is 9.47 Å². The van der Waals surface area contributed by atoms with Crippen molar-refractivity contribution in [1.29, 1.82) is 0 Å². The van der Waals surface area contributed by atoms with E-state index >= 15 is 0 Å². The van der Waals surface area contributed by atoms with Crippen LogP contribution in [-0.2, 0) is 11.5 Å². The molecule has 1 atom stereocenters. The van der Waals surface area contributed by atoms with E-state index in [0.717, 1.165) is 50.0 Å². The number of nitrogens with zero attached hydrogens (tertiary/aromatic N) is 1. The van der Waals surface area contributed by atoms with Gasteiger partial charge in [0.05, 0.1) is 6.61 Å². The number of H-pyrrole nitrogens is 1. The Morgan fingerprint density at radius 2 is 1.97 bits per heavy atom. The lowest BCUT2D eigenvalue weighted by Crippen LogP contribution is -2.29. The fraction of sp³-hybridized carbons (Fsp3) is 0.583. The predicted molar refractivity (Wildman–Crippen MR) is 119 cm³/mol. The number of ether oxygens (including phenoxy) is 2. The molecular weight excluding hydrogens is 394 g/mol. The van der Waals surface area contributed by atoms with Crippen molar-refractivity contribution in [2.24, 2.45) is 11.8 Å². The summed E-state index contributed by atoms with van der Waals surface area (Å²) in [5.41, 5.74) is 0.506. The lowest BCUT2D eigenvalue weighted by Gasteiger charge is -2.20. The standard InChI is InChI=1S/C24H33N3O4/c28-22-11-13-27(24(29)26-22)17-30-14-3-1-2-12-25-23(19-9-10-19)20-5-4-6-21(15-20)31-16-18-7-8-18/h4-6,11,13,15,18-19,23,25H,1-3,7-10,12,14,16-17H2,(H,26,28,29). The third kappa shape index (κ3) is 7.08. The molecule has 2 N–H and O–H groups in total. The number of unbranched alkanes of at least 4 members (excludes halogenated alkanes) is 2. The van der Waals surface area contributed by atoms with E-state index in [9.17, 15) is 9.59 Å². The second kappa shape index (κ2) is 10.8. The molecule has 1 aromatic carbocycles. The lowest BCUT2D eigenvalue weighted by atomic mass is 10.0. The van der Waals surface area contributed by atoms with Gasteiger partial charge in [-0.25, -0.2) is 4.79 Å². The molecular formula is C24H33N3O4. The second-order valence-electron chi connectivity index (χ2n) is 8.77. The van der Waals surface area contributed by atoms with Crippen molar-refractivity contribution in [2.75, 3.05) is 19.8 Å². The van der Waals surface area contributed by atoms with Crippen LogP contribution in [0.5, 0.6) is 5.75 Å². The Hall–Kier alpha value is -2.38. The van der Waals surface area contributed by atoms with Crippen LogP contribution in [0.3, 0.4) is 0 Å². The minimum atomic E-state index is -0.440. The SMILES string of the molecule is O=c1ccn(COCCCCCNC(c2cccc(OCC3CC3)c2)C2CC2)c(=O)[nH]1. The van der Waals surface area contributed by atoms with E-state index in [1.165, 1.54) is 48.1 Å². The first-order valence-electron chi connectivity index (χ1n) is 11.5. The molecule has 2 fully saturated rings. The van der Waals surface area contributed by atoms with Crippen molar-refractivity contribution in [3.63, 3.8) is 0 Å². The van der Waals surface area contributed by atoms with E-state index in [-0.39, 0.29) is 6.73 Å². The average Bonchev–Trinajstić information content (AvgIpc) is 3.67. The topological polar surface area (TPSA) is 85.3 Å². The fourth-order valence-electron chi connectivity index (χ4n) is 3.75. The zero-order chi connectivity index (χ0) is 21.5. The van der Waals surface area contributed by atoms with E-state index < -0.39 is 11.2 Å². The Morgan fingerprint density at radius 1 is 1.10 bits per heavy atom. The molecule has 4 rings (SSSR count). The lowest BCUT2D eigenvalue weighted by molar-refractivity contribution is 0.0706. The summed E-state index contributed by atoms with van der Waals surface area (Å²) in [6.07, 6.45) is 9.75. The van der Waals surface area contributed by atoms with Gasteiger partial charge in [-0.1, -0.05) is 12.1 Å². The molecule has 0 aliphatic heterocycles. The minimum absolute atomic E-state index is 0.163. The van der Waals surface area contributed by atoms with Crippen molar-refractivity contribution in [3.8, 4) is 5.75 Å². The third-order valence-corrected chi connectivity index (χ3v) is 5.95. The Kier molecular flexibility index (Phi) is 7.59. The van der Waals surface area contributed by atoms with Crippen LogP contribution >= 0.6 is 0 Å². The van der Waals surface area contributed by atoms with Crippen molar-refractivity contribution in [3.05, 3.63) is 62.9 Å². The van der Waals surface area contributed by atoms with Gasteiger partial charge < -0.3 is 14.8 Å². The van der Waals surface area contributed by atoms with Crippen molar-refractivity contribution >= 4 is 0 Å². The highest BCUT2D eigenvalue weighted by Gasteiger charge is 2.32. The highest BCUT2D eigenvalue weighted by atomic mass is 16.5. The molecule has 2 aliphatic carbocycles. The fourth-order valence-corrected chi connectivity index (χ4v) is 3.75. The van der Waals surface area contributed by atoms with Crippen LogP contribution in [0.2, 0.25) is 0 Å². The van der Waals surface area contributed by atoms with Gasteiger partial charge in [0.2, 0.25) is 0 Å². The molecule has 168 valence electrons. The molecule has 2 saturated carbocycles. The summed E-state index contributed by atoms with van der Waals surface area (Å²) < 4.78 is 12.9. The molecule has 1 aromatic heterocycles. The molecule has 31 heavy (non-hydrogen) atoms. The monoisotopic (exact) mass is 427 g/mol. The van der Waals surface area contributed by atoms with E-state index in [1.54, 1.807) is 0 Å². The summed E-state index contributed by atoms with van der Waals surface area (Å²) in [5.74, 6) is 2.50. The van der Waals surface area contributed by atoms with Gasteiger partial charge in [-0.3, -0.25) is 14.3 Å². The summed E-state index contributed by atoms with van der Waals surface area (Å²) in [7, 11) is 0. The van der Waals surface area contributed by atoms with Crippen LogP contribution < -0.4 is 21.3 Å². The number of rotatable bonds is 14. The molecule has 2 aromatic rings. The van der Waals surface area contributed by atoms with Gasteiger partial charge in [0, 0.05) is 24.9 Å². The summed E-state index contributed by atoms with van der Waals surface area (Å²) in [4.78, 5) is 24.9. The molecule has 0 amide bonds. The number of benzene rings is 1. The maximum Gasteiger partial charge on any atom is 0.330 e. The van der Waals surface area contributed by atoms with Gasteiger partial charge in [0.25, 0.3) is 5.56 Å². The van der Waals surface area contributed by atoms with Gasteiger partial charge in [-0.15, -0.1) is 0 Å². The van der Waals surface area contributed by atoms with Crippen molar-refractivity contribution in [1.82, 2.24) is 14.9 Å². The van der Waals surface area contributed by atoms with Gasteiger partial charge in [-0.2, -0.15) is 0 Å². The third-order valence-electron chi connectivity index (χ3n) is 5.95. The Labute approximate surface area is 182 Å². The Morgan fingerprint density at radius 3 is 2.74 bits per heavy atom. The quantitative estimate of drug-likeness (QED) is 0.452. The second-order valence-corrected chi connectivity index (χ2v) is 8.77. The summed E-state index contributed by atoms with van der Waals surface area (Å²) >= 11 is 0. The summed E-state index contributed by atoms with van der Waals surface area (Å²) in [6, 6.07) is 10.3. The summed E-state index contributed by atoms with van der Waals surface area (Å²) in [5, 5.41) is 3.76. The number of nitrogens with one attached hydrogen (secondary N) is 2. The van der Waals surface area contributed by atoms with Gasteiger partial charge >= 0.3 is 5.69 Å². The Balaban J connectivity index is 1.13. The normalized spacial score (nSPS) is 16.9. The number of hydrogen-bond acceptors (Lipinski definition) is 5. The first kappa shape index (κ1) is 21.8. The number of aromatic nitrogens is 2. The van der Waals surface area contributed by atoms with Crippen LogP contribution in [0.15, 0.2) is 46.1 Å². The van der Waals surface area contributed by atoms with Crippen LogP contribution in [0, 0.1) is 11.8 Å². The van der Waals surface area contributed by atoms with Gasteiger partial charge in [0.15, 0.2) is 0 Å². The van der Waals surface area contributed by atoms with Crippen LogP contribution in [0.25, 0.3) is 0 Å². The van der Waals surface area contributed by atoms with E-state index in [2.05, 4.69) is 34.6 Å². The van der Waals surface area contributed by atoms with Crippen LogP contribution in [0.1, 0.15) is 56.6 Å².